The summed E-state index contributed by atoms with van der Waals surface area (Å²) in [5, 5.41) is 4.37. The van der Waals surface area contributed by atoms with E-state index in [1.54, 1.807) is 12.3 Å². The van der Waals surface area contributed by atoms with E-state index >= 15 is 0 Å². The summed E-state index contributed by atoms with van der Waals surface area (Å²) >= 11 is 0. The Morgan fingerprint density at radius 2 is 2.00 bits per heavy atom. The molecule has 0 aliphatic heterocycles. The Kier molecular flexibility index (Phi) is 3.88. The lowest BCUT2D eigenvalue weighted by Gasteiger charge is -2.18. The zero-order chi connectivity index (χ0) is 14.7. The predicted molar refractivity (Wildman–Crippen MR) is 81.5 cm³/mol. The number of pyridine rings is 2. The molecule has 1 aromatic carbocycles. The van der Waals surface area contributed by atoms with Crippen LogP contribution in [0.25, 0.3) is 10.9 Å². The molecular weight excluding hydrogens is 265 g/mol. The summed E-state index contributed by atoms with van der Waals surface area (Å²) in [4.78, 5) is 8.47. The Labute approximate surface area is 122 Å². The maximum absolute atomic E-state index is 14.0. The van der Waals surface area contributed by atoms with Crippen molar-refractivity contribution in [3.8, 4) is 0 Å². The van der Waals surface area contributed by atoms with E-state index in [0.29, 0.717) is 5.56 Å². The van der Waals surface area contributed by atoms with Crippen LogP contribution in [0.5, 0.6) is 0 Å². The number of nitrogens with zero attached hydrogens (tertiary/aromatic N) is 2. The average Bonchev–Trinajstić information content (AvgIpc) is 2.53. The molecule has 106 valence electrons. The van der Waals surface area contributed by atoms with Crippen molar-refractivity contribution in [3.63, 3.8) is 0 Å². The topological polar surface area (TPSA) is 37.8 Å². The zero-order valence-electron chi connectivity index (χ0n) is 11.8. The van der Waals surface area contributed by atoms with Gasteiger partial charge in [-0.2, -0.15) is 0 Å². The Hall–Kier alpha value is -2.33. The molecule has 0 radical (unpaired) electrons. The second-order valence-corrected chi connectivity index (χ2v) is 4.82. The molecule has 0 aliphatic carbocycles. The molecule has 0 amide bonds. The zero-order valence-corrected chi connectivity index (χ0v) is 11.8. The molecule has 3 aromatic rings. The van der Waals surface area contributed by atoms with E-state index in [-0.39, 0.29) is 11.9 Å². The Bertz CT molecular complexity index is 758. The predicted octanol–water partition coefficient (Wildman–Crippen LogP) is 3.47. The van der Waals surface area contributed by atoms with E-state index in [1.807, 2.05) is 43.3 Å². The minimum atomic E-state index is -0.321. The van der Waals surface area contributed by atoms with Gasteiger partial charge < -0.3 is 5.32 Å². The van der Waals surface area contributed by atoms with Crippen molar-refractivity contribution in [2.75, 3.05) is 6.54 Å². The van der Waals surface area contributed by atoms with E-state index < -0.39 is 0 Å². The van der Waals surface area contributed by atoms with E-state index in [4.69, 9.17) is 0 Å². The van der Waals surface area contributed by atoms with Gasteiger partial charge in [-0.3, -0.25) is 9.97 Å². The fraction of sp³-hybridized carbons (Fsp3) is 0.176. The van der Waals surface area contributed by atoms with Gasteiger partial charge in [0.25, 0.3) is 0 Å². The summed E-state index contributed by atoms with van der Waals surface area (Å²) in [6.45, 7) is 2.72. The smallest absolute Gasteiger partial charge is 0.146 e. The summed E-state index contributed by atoms with van der Waals surface area (Å²) in [6, 6.07) is 13.3. The number of hydrogen-bond donors (Lipinski definition) is 1. The molecule has 21 heavy (non-hydrogen) atoms. The molecule has 0 fully saturated rings. The first-order valence-corrected chi connectivity index (χ1v) is 6.98. The molecule has 3 nitrogen and oxygen atoms in total. The van der Waals surface area contributed by atoms with Gasteiger partial charge >= 0.3 is 0 Å². The molecule has 2 aromatic heterocycles. The normalized spacial score (nSPS) is 12.5. The first kappa shape index (κ1) is 13.6. The molecule has 2 heterocycles. The maximum atomic E-state index is 14.0. The average molecular weight is 281 g/mol. The van der Waals surface area contributed by atoms with Gasteiger partial charge in [-0.15, -0.1) is 0 Å². The van der Waals surface area contributed by atoms with Gasteiger partial charge in [-0.05, 0) is 24.7 Å². The van der Waals surface area contributed by atoms with Crippen molar-refractivity contribution >= 4 is 10.9 Å². The second kappa shape index (κ2) is 5.97. The standard InChI is InChI=1S/C17H16FN3/c1-2-20-17(13-9-10-19-11-14(13)18)16-8-7-12-5-3-4-6-15(12)21-16/h3-11,17,20H,2H2,1H3. The molecule has 0 aliphatic rings. The van der Waals surface area contributed by atoms with Gasteiger partial charge in [0.15, 0.2) is 0 Å². The Morgan fingerprint density at radius 1 is 1.14 bits per heavy atom. The number of halogens is 1. The van der Waals surface area contributed by atoms with E-state index in [0.717, 1.165) is 23.1 Å². The lowest BCUT2D eigenvalue weighted by atomic mass is 10.0. The van der Waals surface area contributed by atoms with Gasteiger partial charge in [-0.1, -0.05) is 31.2 Å². The van der Waals surface area contributed by atoms with Crippen molar-refractivity contribution in [2.24, 2.45) is 0 Å². The fourth-order valence-corrected chi connectivity index (χ4v) is 2.44. The SMILES string of the molecule is CCNC(c1ccc2ccccc2n1)c1ccncc1F. The first-order valence-electron chi connectivity index (χ1n) is 6.98. The van der Waals surface area contributed by atoms with Gasteiger partial charge in [0.05, 0.1) is 23.4 Å². The minimum Gasteiger partial charge on any atom is -0.305 e. The highest BCUT2D eigenvalue weighted by Gasteiger charge is 2.18. The maximum Gasteiger partial charge on any atom is 0.146 e. The van der Waals surface area contributed by atoms with Crippen molar-refractivity contribution in [1.29, 1.82) is 0 Å². The fourth-order valence-electron chi connectivity index (χ4n) is 2.44. The molecule has 4 heteroatoms. The van der Waals surface area contributed by atoms with Crippen LogP contribution in [0.3, 0.4) is 0 Å². The van der Waals surface area contributed by atoms with E-state index in [2.05, 4.69) is 15.3 Å². The van der Waals surface area contributed by atoms with E-state index in [1.165, 1.54) is 6.20 Å². The number of hydrogen-bond acceptors (Lipinski definition) is 3. The molecular formula is C17H16FN3. The van der Waals surface area contributed by atoms with Crippen LogP contribution in [0.1, 0.15) is 24.2 Å². The monoisotopic (exact) mass is 281 g/mol. The molecule has 1 atom stereocenters. The van der Waals surface area contributed by atoms with Crippen LogP contribution in [0, 0.1) is 5.82 Å². The lowest BCUT2D eigenvalue weighted by Crippen LogP contribution is -2.24. The van der Waals surface area contributed by atoms with Crippen LogP contribution in [0.2, 0.25) is 0 Å². The molecule has 1 N–H and O–H groups in total. The Balaban J connectivity index is 2.09. The van der Waals surface area contributed by atoms with Gasteiger partial charge in [0.2, 0.25) is 0 Å². The highest BCUT2D eigenvalue weighted by Crippen LogP contribution is 2.24. The molecule has 0 spiro atoms. The van der Waals surface area contributed by atoms with Crippen LogP contribution in [-0.2, 0) is 0 Å². The molecule has 0 saturated carbocycles. The van der Waals surface area contributed by atoms with Crippen LogP contribution in [0.4, 0.5) is 4.39 Å². The summed E-state index contributed by atoms with van der Waals surface area (Å²) in [6.07, 6.45) is 2.84. The molecule has 1 unspecified atom stereocenters. The summed E-state index contributed by atoms with van der Waals surface area (Å²) in [5.41, 5.74) is 2.28. The second-order valence-electron chi connectivity index (χ2n) is 4.82. The van der Waals surface area contributed by atoms with Crippen molar-refractivity contribution in [3.05, 3.63) is 71.9 Å². The molecule has 0 saturated heterocycles. The highest BCUT2D eigenvalue weighted by atomic mass is 19.1. The van der Waals surface area contributed by atoms with Gasteiger partial charge in [0, 0.05) is 17.1 Å². The van der Waals surface area contributed by atoms with Crippen LogP contribution in [-0.4, -0.2) is 16.5 Å². The van der Waals surface area contributed by atoms with E-state index in [9.17, 15) is 4.39 Å². The lowest BCUT2D eigenvalue weighted by molar-refractivity contribution is 0.549. The molecule has 3 rings (SSSR count). The van der Waals surface area contributed by atoms with Gasteiger partial charge in [0.1, 0.15) is 5.82 Å². The number of para-hydroxylation sites is 1. The summed E-state index contributed by atoms with van der Waals surface area (Å²) in [5.74, 6) is -0.321. The van der Waals surface area contributed by atoms with Crippen molar-refractivity contribution in [2.45, 2.75) is 13.0 Å². The number of rotatable bonds is 4. The largest absolute Gasteiger partial charge is 0.305 e. The van der Waals surface area contributed by atoms with Crippen LogP contribution in [0.15, 0.2) is 54.9 Å². The first-order chi connectivity index (χ1) is 10.3. The number of nitrogens with one attached hydrogen (secondary N) is 1. The minimum absolute atomic E-state index is 0.275. The molecule has 0 bridgehead atoms. The number of fused-ring (bicyclic) bond motifs is 1. The van der Waals surface area contributed by atoms with Crippen LogP contribution >= 0.6 is 0 Å². The summed E-state index contributed by atoms with van der Waals surface area (Å²) in [7, 11) is 0. The van der Waals surface area contributed by atoms with Crippen LogP contribution < -0.4 is 5.32 Å². The highest BCUT2D eigenvalue weighted by molar-refractivity contribution is 5.78. The summed E-state index contributed by atoms with van der Waals surface area (Å²) < 4.78 is 14.0. The van der Waals surface area contributed by atoms with Crippen molar-refractivity contribution < 1.29 is 4.39 Å². The quantitative estimate of drug-likeness (QED) is 0.795. The van der Waals surface area contributed by atoms with Gasteiger partial charge in [-0.25, -0.2) is 4.39 Å². The number of aromatic nitrogens is 2. The Morgan fingerprint density at radius 3 is 2.81 bits per heavy atom. The third kappa shape index (κ3) is 2.76. The number of benzene rings is 1. The van der Waals surface area contributed by atoms with Crippen molar-refractivity contribution in [1.82, 2.24) is 15.3 Å². The third-order valence-corrected chi connectivity index (χ3v) is 3.44. The third-order valence-electron chi connectivity index (χ3n) is 3.44.